The van der Waals surface area contributed by atoms with Gasteiger partial charge in [-0.2, -0.15) is 0 Å². The molecule has 2 aliphatic heterocycles. The van der Waals surface area contributed by atoms with Crippen LogP contribution in [0.5, 0.6) is 0 Å². The average Bonchev–Trinajstić information content (AvgIpc) is 3.32. The third-order valence-electron chi connectivity index (χ3n) is 5.30. The zero-order chi connectivity index (χ0) is 19.7. The monoisotopic (exact) mass is 385 g/mol. The molecule has 0 radical (unpaired) electrons. The molecule has 2 aromatic rings. The number of amides is 2. The minimum atomic E-state index is -0.617. The fraction of sp³-hybridized carbons (Fsp3) is 0.333. The van der Waals surface area contributed by atoms with Crippen LogP contribution in [0.25, 0.3) is 0 Å². The molecule has 0 aromatic heterocycles. The van der Waals surface area contributed by atoms with Crippen LogP contribution in [0, 0.1) is 17.6 Å². The molecule has 0 aliphatic carbocycles. The zero-order valence-corrected chi connectivity index (χ0v) is 15.3. The molecule has 2 heterocycles. The van der Waals surface area contributed by atoms with Crippen LogP contribution in [0.4, 0.5) is 25.8 Å². The van der Waals surface area contributed by atoms with Gasteiger partial charge in [-0.15, -0.1) is 0 Å². The van der Waals surface area contributed by atoms with Gasteiger partial charge in [-0.05, 0) is 43.2 Å². The van der Waals surface area contributed by atoms with E-state index in [0.717, 1.165) is 25.9 Å². The normalized spacial score (nSPS) is 19.4. The van der Waals surface area contributed by atoms with Crippen molar-refractivity contribution < 1.29 is 18.4 Å². The number of carbonyl (C=O) groups excluding carboxylic acids is 2. The van der Waals surface area contributed by atoms with Crippen LogP contribution >= 0.6 is 0 Å². The summed E-state index contributed by atoms with van der Waals surface area (Å²) in [5.41, 5.74) is 1.06. The number of nitrogens with zero attached hydrogens (tertiary/aromatic N) is 2. The largest absolute Gasteiger partial charge is 0.369 e. The summed E-state index contributed by atoms with van der Waals surface area (Å²) in [5, 5.41) is 2.68. The molecule has 0 saturated carbocycles. The number of para-hydroxylation sites is 1. The highest BCUT2D eigenvalue weighted by Gasteiger charge is 2.36. The molecule has 2 amide bonds. The van der Waals surface area contributed by atoms with Crippen molar-refractivity contribution in [2.24, 2.45) is 5.92 Å². The highest BCUT2D eigenvalue weighted by Crippen LogP contribution is 2.29. The molecule has 1 N–H and O–H groups in total. The van der Waals surface area contributed by atoms with E-state index in [-0.39, 0.29) is 36.3 Å². The Bertz CT molecular complexity index is 912. The van der Waals surface area contributed by atoms with Crippen LogP contribution in [0.3, 0.4) is 0 Å². The Morgan fingerprint density at radius 2 is 1.75 bits per heavy atom. The quantitative estimate of drug-likeness (QED) is 0.876. The highest BCUT2D eigenvalue weighted by atomic mass is 19.1. The topological polar surface area (TPSA) is 52.7 Å². The summed E-state index contributed by atoms with van der Waals surface area (Å²) in [7, 11) is 0. The number of halogens is 2. The van der Waals surface area contributed by atoms with Crippen molar-refractivity contribution in [1.82, 2.24) is 0 Å². The molecule has 2 aliphatic rings. The van der Waals surface area contributed by atoms with Crippen molar-refractivity contribution in [3.8, 4) is 0 Å². The van der Waals surface area contributed by atoms with E-state index in [2.05, 4.69) is 5.32 Å². The van der Waals surface area contributed by atoms with Crippen LogP contribution < -0.4 is 15.1 Å². The van der Waals surface area contributed by atoms with Gasteiger partial charge < -0.3 is 15.1 Å². The van der Waals surface area contributed by atoms with Crippen LogP contribution in [0.15, 0.2) is 42.5 Å². The smallest absolute Gasteiger partial charge is 0.229 e. The summed E-state index contributed by atoms with van der Waals surface area (Å²) in [6.45, 7) is 1.76. The van der Waals surface area contributed by atoms with Crippen LogP contribution in [-0.4, -0.2) is 31.4 Å². The Labute approximate surface area is 161 Å². The van der Waals surface area contributed by atoms with Crippen molar-refractivity contribution in [1.29, 1.82) is 0 Å². The lowest BCUT2D eigenvalue weighted by atomic mass is 10.1. The standard InChI is InChI=1S/C21H21F2N3O2/c22-16-5-1-2-6-19(16)26-13-14(11-20(26)27)21(28)24-15-7-8-18(17(23)12-15)25-9-3-4-10-25/h1-2,5-8,12,14H,3-4,9-11,13H2,(H,24,28). The predicted molar refractivity (Wildman–Crippen MR) is 103 cm³/mol. The number of nitrogens with one attached hydrogen (secondary N) is 1. The Hall–Kier alpha value is -2.96. The van der Waals surface area contributed by atoms with Gasteiger partial charge >= 0.3 is 0 Å². The van der Waals surface area contributed by atoms with Gasteiger partial charge in [-0.25, -0.2) is 8.78 Å². The number of anilines is 3. The second kappa shape index (κ2) is 7.58. The lowest BCUT2D eigenvalue weighted by Crippen LogP contribution is -2.28. The van der Waals surface area contributed by atoms with Gasteiger partial charge in [0, 0.05) is 31.7 Å². The summed E-state index contributed by atoms with van der Waals surface area (Å²) in [6.07, 6.45) is 2.09. The molecule has 2 fully saturated rings. The third-order valence-corrected chi connectivity index (χ3v) is 5.30. The van der Waals surface area contributed by atoms with Gasteiger partial charge in [-0.3, -0.25) is 9.59 Å². The van der Waals surface area contributed by atoms with Gasteiger partial charge in [0.1, 0.15) is 11.6 Å². The first kappa shape index (κ1) is 18.4. The summed E-state index contributed by atoms with van der Waals surface area (Å²) in [4.78, 5) is 28.1. The second-order valence-electron chi connectivity index (χ2n) is 7.21. The van der Waals surface area contributed by atoms with Crippen LogP contribution in [-0.2, 0) is 9.59 Å². The molecule has 0 bridgehead atoms. The molecule has 7 heteroatoms. The SMILES string of the molecule is O=C(Nc1ccc(N2CCCC2)c(F)c1)C1CC(=O)N(c2ccccc2F)C1. The number of rotatable bonds is 4. The van der Waals surface area contributed by atoms with E-state index in [4.69, 9.17) is 0 Å². The van der Waals surface area contributed by atoms with Crippen LogP contribution in [0.1, 0.15) is 19.3 Å². The minimum Gasteiger partial charge on any atom is -0.369 e. The maximum Gasteiger partial charge on any atom is 0.229 e. The molecule has 0 spiro atoms. The van der Waals surface area contributed by atoms with Gasteiger partial charge in [0.2, 0.25) is 11.8 Å². The van der Waals surface area contributed by atoms with E-state index in [0.29, 0.717) is 11.4 Å². The summed E-state index contributed by atoms with van der Waals surface area (Å²) < 4.78 is 28.4. The average molecular weight is 385 g/mol. The first-order valence-electron chi connectivity index (χ1n) is 9.43. The van der Waals surface area contributed by atoms with Gasteiger partial charge in [0.15, 0.2) is 0 Å². The molecule has 1 atom stereocenters. The Balaban J connectivity index is 1.43. The van der Waals surface area contributed by atoms with E-state index in [9.17, 15) is 18.4 Å². The maximum absolute atomic E-state index is 14.4. The Kier molecular flexibility index (Phi) is 4.98. The zero-order valence-electron chi connectivity index (χ0n) is 15.3. The predicted octanol–water partition coefficient (Wildman–Crippen LogP) is 3.56. The molecule has 1 unspecified atom stereocenters. The van der Waals surface area contributed by atoms with Gasteiger partial charge in [0.05, 0.1) is 17.3 Å². The summed E-state index contributed by atoms with van der Waals surface area (Å²) >= 11 is 0. The van der Waals surface area contributed by atoms with E-state index in [1.807, 2.05) is 4.90 Å². The van der Waals surface area contributed by atoms with E-state index in [1.54, 1.807) is 24.3 Å². The van der Waals surface area contributed by atoms with Crippen molar-refractivity contribution in [2.45, 2.75) is 19.3 Å². The number of benzene rings is 2. The highest BCUT2D eigenvalue weighted by molar-refractivity contribution is 6.03. The van der Waals surface area contributed by atoms with Crippen LogP contribution in [0.2, 0.25) is 0 Å². The van der Waals surface area contributed by atoms with E-state index in [1.165, 1.54) is 23.1 Å². The summed E-state index contributed by atoms with van der Waals surface area (Å²) in [5.74, 6) is -2.18. The van der Waals surface area contributed by atoms with Crippen molar-refractivity contribution in [2.75, 3.05) is 34.8 Å². The van der Waals surface area contributed by atoms with Gasteiger partial charge in [0.25, 0.3) is 0 Å². The molecule has 4 rings (SSSR count). The number of hydrogen-bond acceptors (Lipinski definition) is 3. The Morgan fingerprint density at radius 3 is 2.46 bits per heavy atom. The molecule has 2 aromatic carbocycles. The Morgan fingerprint density at radius 1 is 1.00 bits per heavy atom. The number of carbonyl (C=O) groups is 2. The van der Waals surface area contributed by atoms with Crippen molar-refractivity contribution in [3.05, 3.63) is 54.1 Å². The maximum atomic E-state index is 14.4. The summed E-state index contributed by atoms with van der Waals surface area (Å²) in [6, 6.07) is 10.6. The lowest BCUT2D eigenvalue weighted by Gasteiger charge is -2.19. The molecular weight excluding hydrogens is 364 g/mol. The molecule has 2 saturated heterocycles. The third kappa shape index (κ3) is 3.56. The van der Waals surface area contributed by atoms with Crippen molar-refractivity contribution >= 4 is 28.9 Å². The lowest BCUT2D eigenvalue weighted by molar-refractivity contribution is -0.122. The first-order chi connectivity index (χ1) is 13.5. The van der Waals surface area contributed by atoms with E-state index >= 15 is 0 Å². The molecule has 5 nitrogen and oxygen atoms in total. The molecular formula is C21H21F2N3O2. The fourth-order valence-electron chi connectivity index (χ4n) is 3.83. The van der Waals surface area contributed by atoms with E-state index < -0.39 is 11.7 Å². The first-order valence-corrected chi connectivity index (χ1v) is 9.43. The minimum absolute atomic E-state index is 0.00545. The van der Waals surface area contributed by atoms with Crippen molar-refractivity contribution in [3.63, 3.8) is 0 Å². The second-order valence-corrected chi connectivity index (χ2v) is 7.21. The number of hydrogen-bond donors (Lipinski definition) is 1. The molecule has 28 heavy (non-hydrogen) atoms. The van der Waals surface area contributed by atoms with Gasteiger partial charge in [-0.1, -0.05) is 12.1 Å². The molecule has 146 valence electrons. The fourth-order valence-corrected chi connectivity index (χ4v) is 3.83.